The van der Waals surface area contributed by atoms with E-state index < -0.39 is 10.0 Å². The Labute approximate surface area is 229 Å². The second-order valence-corrected chi connectivity index (χ2v) is 14.2. The van der Waals surface area contributed by atoms with E-state index in [0.29, 0.717) is 17.7 Å². The lowest BCUT2D eigenvalue weighted by Gasteiger charge is -2.43. The van der Waals surface area contributed by atoms with Crippen LogP contribution in [0.4, 0.5) is 5.82 Å². The van der Waals surface area contributed by atoms with Crippen molar-refractivity contribution in [1.82, 2.24) is 24.1 Å². The van der Waals surface area contributed by atoms with Gasteiger partial charge in [-0.15, -0.1) is 0 Å². The summed E-state index contributed by atoms with van der Waals surface area (Å²) in [5, 5.41) is 3.54. The topological polar surface area (TPSA) is 98.7 Å². The minimum Gasteiger partial charge on any atom is -0.369 e. The molecule has 9 nitrogen and oxygen atoms in total. The van der Waals surface area contributed by atoms with Gasteiger partial charge in [0.05, 0.1) is 6.26 Å². The second kappa shape index (κ2) is 12.6. The Morgan fingerprint density at radius 2 is 1.76 bits per heavy atom. The van der Waals surface area contributed by atoms with E-state index in [1.807, 2.05) is 11.8 Å². The van der Waals surface area contributed by atoms with Gasteiger partial charge in [-0.1, -0.05) is 26.7 Å². The third kappa shape index (κ3) is 7.04. The number of aromatic nitrogens is 2. The minimum atomic E-state index is -3.15. The molecule has 2 saturated heterocycles. The molecule has 0 bridgehead atoms. The van der Waals surface area contributed by atoms with Gasteiger partial charge in [-0.05, 0) is 76.3 Å². The lowest BCUT2D eigenvalue weighted by molar-refractivity contribution is 0.0542. The molecule has 1 amide bonds. The zero-order valence-corrected chi connectivity index (χ0v) is 24.8. The predicted octanol–water partition coefficient (Wildman–Crippen LogP) is 3.62. The Kier molecular flexibility index (Phi) is 9.68. The van der Waals surface area contributed by atoms with E-state index in [0.717, 1.165) is 81.6 Å². The molecule has 0 aromatic carbocycles. The first-order valence-electron chi connectivity index (χ1n) is 14.6. The van der Waals surface area contributed by atoms with Gasteiger partial charge in [0.2, 0.25) is 10.0 Å². The fraction of sp³-hybridized carbons (Fsp3) is 0.821. The summed E-state index contributed by atoms with van der Waals surface area (Å²) in [7, 11) is -1.47. The second-order valence-electron chi connectivity index (χ2n) is 12.2. The fourth-order valence-corrected chi connectivity index (χ4v) is 7.43. The van der Waals surface area contributed by atoms with Crippen LogP contribution < -0.4 is 5.32 Å². The third-order valence-electron chi connectivity index (χ3n) is 9.42. The Morgan fingerprint density at radius 1 is 1.08 bits per heavy atom. The minimum absolute atomic E-state index is 0.00239. The highest BCUT2D eigenvalue weighted by Gasteiger charge is 2.33. The SMILES string of the molecule is Cc1c(NCC2CCCC(C(C)C)C2)ncnc1C(=O)N1CCC(N2CCC(N(C)S(C)(=O)=O)CC2)CC1. The zero-order valence-electron chi connectivity index (χ0n) is 24.0. The van der Waals surface area contributed by atoms with Gasteiger partial charge in [0.15, 0.2) is 0 Å². The number of piperidine rings is 2. The molecule has 3 heterocycles. The molecule has 0 radical (unpaired) electrons. The molecule has 4 rings (SSSR count). The van der Waals surface area contributed by atoms with Crippen LogP contribution in [-0.4, -0.2) is 96.5 Å². The van der Waals surface area contributed by atoms with Crippen molar-refractivity contribution in [2.75, 3.05) is 51.3 Å². The van der Waals surface area contributed by atoms with Crippen LogP contribution in [0.3, 0.4) is 0 Å². The largest absolute Gasteiger partial charge is 0.369 e. The number of nitrogens with zero attached hydrogens (tertiary/aromatic N) is 5. The Hall–Kier alpha value is -1.78. The Morgan fingerprint density at radius 3 is 2.39 bits per heavy atom. The van der Waals surface area contributed by atoms with Gasteiger partial charge in [0.1, 0.15) is 17.8 Å². The smallest absolute Gasteiger partial charge is 0.272 e. The number of nitrogens with one attached hydrogen (secondary N) is 1. The average Bonchev–Trinajstić information content (AvgIpc) is 2.91. The number of likely N-dealkylation sites (tertiary alicyclic amines) is 2. The highest BCUT2D eigenvalue weighted by atomic mass is 32.2. The number of carbonyl (C=O) groups is 1. The molecule has 2 atom stereocenters. The van der Waals surface area contributed by atoms with Crippen molar-refractivity contribution in [3.05, 3.63) is 17.6 Å². The van der Waals surface area contributed by atoms with Crippen molar-refractivity contribution in [3.63, 3.8) is 0 Å². The van der Waals surface area contributed by atoms with Crippen molar-refractivity contribution in [1.29, 1.82) is 0 Å². The molecule has 1 aromatic rings. The van der Waals surface area contributed by atoms with Gasteiger partial charge in [-0.25, -0.2) is 22.7 Å². The number of carbonyl (C=O) groups excluding carboxylic acids is 1. The zero-order chi connectivity index (χ0) is 27.4. The summed E-state index contributed by atoms with van der Waals surface area (Å²) < 4.78 is 25.3. The van der Waals surface area contributed by atoms with Crippen molar-refractivity contribution in [2.24, 2.45) is 17.8 Å². The molecule has 0 spiro atoms. The first-order valence-corrected chi connectivity index (χ1v) is 16.4. The van der Waals surface area contributed by atoms with Crippen LogP contribution in [0.5, 0.6) is 0 Å². The van der Waals surface area contributed by atoms with Gasteiger partial charge in [0.25, 0.3) is 5.91 Å². The van der Waals surface area contributed by atoms with Crippen LogP contribution in [0.2, 0.25) is 0 Å². The highest BCUT2D eigenvalue weighted by molar-refractivity contribution is 7.88. The van der Waals surface area contributed by atoms with Gasteiger partial charge in [0, 0.05) is 44.3 Å². The number of hydrogen-bond acceptors (Lipinski definition) is 7. The number of amides is 1. The molecule has 3 aliphatic rings. The van der Waals surface area contributed by atoms with E-state index in [2.05, 4.69) is 34.0 Å². The molecule has 214 valence electrons. The Balaban J connectivity index is 1.27. The maximum absolute atomic E-state index is 13.4. The number of hydrogen-bond donors (Lipinski definition) is 1. The third-order valence-corrected chi connectivity index (χ3v) is 10.8. The molecule has 10 heteroatoms. The van der Waals surface area contributed by atoms with E-state index in [9.17, 15) is 13.2 Å². The molecule has 1 saturated carbocycles. The summed E-state index contributed by atoms with van der Waals surface area (Å²) in [5.41, 5.74) is 1.35. The van der Waals surface area contributed by atoms with Crippen molar-refractivity contribution in [2.45, 2.75) is 84.2 Å². The van der Waals surface area contributed by atoms with Crippen LogP contribution in [0, 0.1) is 24.7 Å². The number of anilines is 1. The van der Waals surface area contributed by atoms with E-state index >= 15 is 0 Å². The van der Waals surface area contributed by atoms with Gasteiger partial charge < -0.3 is 15.1 Å². The Bertz CT molecular complexity index is 1050. The van der Waals surface area contributed by atoms with Gasteiger partial charge in [-0.3, -0.25) is 4.79 Å². The predicted molar refractivity (Wildman–Crippen MR) is 152 cm³/mol. The fourth-order valence-electron chi connectivity index (χ4n) is 6.68. The molecule has 1 aliphatic carbocycles. The van der Waals surface area contributed by atoms with Crippen LogP contribution in [0.15, 0.2) is 6.33 Å². The van der Waals surface area contributed by atoms with Crippen LogP contribution in [0.25, 0.3) is 0 Å². The van der Waals surface area contributed by atoms with E-state index in [-0.39, 0.29) is 11.9 Å². The summed E-state index contributed by atoms with van der Waals surface area (Å²) in [6.07, 6.45) is 11.6. The monoisotopic (exact) mass is 548 g/mol. The first kappa shape index (κ1) is 29.2. The molecule has 2 aliphatic heterocycles. The standard InChI is InChI=1S/C28H48N6O3S/c1-20(2)23-8-6-7-22(17-23)18-29-27-21(3)26(30-19-31-27)28(35)34-15-11-25(12-16-34)33-13-9-24(10-14-33)32(4)38(5,36)37/h19-20,22-25H,6-18H2,1-5H3,(H,29,30,31). The van der Waals surface area contributed by atoms with Crippen molar-refractivity contribution >= 4 is 21.7 Å². The molecular formula is C28H48N6O3S. The van der Waals surface area contributed by atoms with Crippen molar-refractivity contribution < 1.29 is 13.2 Å². The molecule has 1 aromatic heterocycles. The van der Waals surface area contributed by atoms with Crippen LogP contribution >= 0.6 is 0 Å². The lowest BCUT2D eigenvalue weighted by Crippen LogP contribution is -2.52. The van der Waals surface area contributed by atoms with E-state index in [4.69, 9.17) is 0 Å². The quantitative estimate of drug-likeness (QED) is 0.530. The molecular weight excluding hydrogens is 500 g/mol. The highest BCUT2D eigenvalue weighted by Crippen LogP contribution is 2.34. The van der Waals surface area contributed by atoms with Crippen LogP contribution in [-0.2, 0) is 10.0 Å². The maximum atomic E-state index is 13.4. The van der Waals surface area contributed by atoms with Crippen LogP contribution in [0.1, 0.15) is 81.3 Å². The van der Waals surface area contributed by atoms with Gasteiger partial charge in [-0.2, -0.15) is 0 Å². The normalized spacial score (nSPS) is 24.8. The molecule has 1 N–H and O–H groups in total. The van der Waals surface area contributed by atoms with E-state index in [1.54, 1.807) is 7.05 Å². The van der Waals surface area contributed by atoms with E-state index in [1.165, 1.54) is 42.6 Å². The summed E-state index contributed by atoms with van der Waals surface area (Å²) in [5.74, 6) is 2.98. The average molecular weight is 549 g/mol. The molecule has 2 unspecified atom stereocenters. The summed E-state index contributed by atoms with van der Waals surface area (Å²) >= 11 is 0. The molecule has 38 heavy (non-hydrogen) atoms. The molecule has 3 fully saturated rings. The van der Waals surface area contributed by atoms with Gasteiger partial charge >= 0.3 is 0 Å². The number of sulfonamides is 1. The summed E-state index contributed by atoms with van der Waals surface area (Å²) in [6, 6.07) is 0.527. The summed E-state index contributed by atoms with van der Waals surface area (Å²) in [6.45, 7) is 10.8. The lowest BCUT2D eigenvalue weighted by atomic mass is 9.76. The number of rotatable bonds is 8. The maximum Gasteiger partial charge on any atom is 0.272 e. The van der Waals surface area contributed by atoms with Crippen molar-refractivity contribution in [3.8, 4) is 0 Å². The first-order chi connectivity index (χ1) is 18.0. The summed E-state index contributed by atoms with van der Waals surface area (Å²) in [4.78, 5) is 26.7.